The van der Waals surface area contributed by atoms with Crippen LogP contribution in [0.5, 0.6) is 17.2 Å². The molecule has 0 saturated heterocycles. The number of rotatable bonds is 5. The molecule has 0 spiro atoms. The Morgan fingerprint density at radius 3 is 2.24 bits per heavy atom. The third-order valence-corrected chi connectivity index (χ3v) is 3.69. The molecule has 0 aromatic heterocycles. The third kappa shape index (κ3) is 3.87. The fourth-order valence-electron chi connectivity index (χ4n) is 1.83. The molecule has 0 N–H and O–H groups in total. The van der Waals surface area contributed by atoms with Crippen LogP contribution < -0.4 is 14.2 Å². The molecule has 0 heterocycles. The lowest BCUT2D eigenvalue weighted by Crippen LogP contribution is -1.95. The van der Waals surface area contributed by atoms with E-state index >= 15 is 0 Å². The highest BCUT2D eigenvalue weighted by Gasteiger charge is 2.09. The molecule has 0 aliphatic rings. The van der Waals surface area contributed by atoms with Crippen molar-refractivity contribution in [2.45, 2.75) is 0 Å². The summed E-state index contributed by atoms with van der Waals surface area (Å²) in [4.78, 5) is 4.44. The Kier molecular flexibility index (Phi) is 5.44. The van der Waals surface area contributed by atoms with Crippen LogP contribution in [-0.2, 0) is 0 Å². The lowest BCUT2D eigenvalue weighted by molar-refractivity contribution is 0.353. The van der Waals surface area contributed by atoms with E-state index in [1.54, 1.807) is 27.5 Å². The highest BCUT2D eigenvalue weighted by molar-refractivity contribution is 14.1. The summed E-state index contributed by atoms with van der Waals surface area (Å²) >= 11 is 2.22. The largest absolute Gasteiger partial charge is 0.497 e. The van der Waals surface area contributed by atoms with Crippen LogP contribution in [0.25, 0.3) is 0 Å². The van der Waals surface area contributed by atoms with Crippen molar-refractivity contribution in [2.75, 3.05) is 21.3 Å². The van der Waals surface area contributed by atoms with Crippen molar-refractivity contribution in [3.05, 3.63) is 45.5 Å². The van der Waals surface area contributed by atoms with Crippen LogP contribution in [0.2, 0.25) is 0 Å². The van der Waals surface area contributed by atoms with Crippen LogP contribution in [0.3, 0.4) is 0 Å². The van der Waals surface area contributed by atoms with Crippen LogP contribution in [0.4, 0.5) is 5.69 Å². The van der Waals surface area contributed by atoms with Crippen LogP contribution in [0.1, 0.15) is 5.56 Å². The zero-order valence-corrected chi connectivity index (χ0v) is 14.2. The number of methoxy groups -OCH3 is 3. The van der Waals surface area contributed by atoms with Crippen molar-refractivity contribution in [1.82, 2.24) is 0 Å². The standard InChI is InChI=1S/C16H16INO3/c1-19-13-6-4-12(5-7-13)18-10-11-8-14(17)16(21-3)15(9-11)20-2/h4-10H,1-3H3. The second kappa shape index (κ2) is 7.31. The first kappa shape index (κ1) is 15.6. The number of halogens is 1. The molecule has 0 amide bonds. The quantitative estimate of drug-likeness (QED) is 0.564. The van der Waals surface area contributed by atoms with E-state index in [9.17, 15) is 0 Å². The van der Waals surface area contributed by atoms with Gasteiger partial charge in [-0.1, -0.05) is 0 Å². The monoisotopic (exact) mass is 397 g/mol. The first-order chi connectivity index (χ1) is 10.2. The molecule has 0 unspecified atom stereocenters. The summed E-state index contributed by atoms with van der Waals surface area (Å²) < 4.78 is 16.7. The van der Waals surface area contributed by atoms with Crippen molar-refractivity contribution >= 4 is 34.5 Å². The molecule has 4 nitrogen and oxygen atoms in total. The minimum Gasteiger partial charge on any atom is -0.497 e. The van der Waals surface area contributed by atoms with Crippen molar-refractivity contribution < 1.29 is 14.2 Å². The Labute approximate surface area is 137 Å². The lowest BCUT2D eigenvalue weighted by Gasteiger charge is -2.10. The van der Waals surface area contributed by atoms with Gasteiger partial charge in [0.25, 0.3) is 0 Å². The van der Waals surface area contributed by atoms with Gasteiger partial charge in [0.1, 0.15) is 5.75 Å². The van der Waals surface area contributed by atoms with Crippen molar-refractivity contribution in [1.29, 1.82) is 0 Å². The van der Waals surface area contributed by atoms with E-state index in [-0.39, 0.29) is 0 Å². The molecule has 0 aliphatic heterocycles. The molecular weight excluding hydrogens is 381 g/mol. The Bertz CT molecular complexity index is 639. The summed E-state index contributed by atoms with van der Waals surface area (Å²) in [5.41, 5.74) is 1.81. The van der Waals surface area contributed by atoms with E-state index in [0.29, 0.717) is 5.75 Å². The van der Waals surface area contributed by atoms with Gasteiger partial charge in [-0.25, -0.2) is 0 Å². The van der Waals surface area contributed by atoms with E-state index in [4.69, 9.17) is 14.2 Å². The van der Waals surface area contributed by atoms with Gasteiger partial charge in [0.05, 0.1) is 30.6 Å². The number of ether oxygens (including phenoxy) is 3. The van der Waals surface area contributed by atoms with Gasteiger partial charge in [-0.2, -0.15) is 0 Å². The van der Waals surface area contributed by atoms with E-state index in [0.717, 1.165) is 26.3 Å². The number of hydrogen-bond acceptors (Lipinski definition) is 4. The van der Waals surface area contributed by atoms with Gasteiger partial charge in [-0.3, -0.25) is 4.99 Å². The summed E-state index contributed by atoms with van der Waals surface area (Å²) in [6, 6.07) is 11.5. The summed E-state index contributed by atoms with van der Waals surface area (Å²) in [5, 5.41) is 0. The third-order valence-electron chi connectivity index (χ3n) is 2.89. The first-order valence-corrected chi connectivity index (χ1v) is 7.35. The molecule has 21 heavy (non-hydrogen) atoms. The summed E-state index contributed by atoms with van der Waals surface area (Å²) in [6.07, 6.45) is 1.80. The predicted octanol–water partition coefficient (Wildman–Crippen LogP) is 4.07. The highest BCUT2D eigenvalue weighted by Crippen LogP contribution is 2.33. The second-order valence-corrected chi connectivity index (χ2v) is 5.36. The first-order valence-electron chi connectivity index (χ1n) is 6.27. The van der Waals surface area contributed by atoms with Gasteiger partial charge >= 0.3 is 0 Å². The molecule has 0 bridgehead atoms. The van der Waals surface area contributed by atoms with Gasteiger partial charge in [0.15, 0.2) is 11.5 Å². The maximum Gasteiger partial charge on any atom is 0.174 e. The van der Waals surface area contributed by atoms with E-state index in [2.05, 4.69) is 27.6 Å². The molecule has 0 saturated carbocycles. The Morgan fingerprint density at radius 2 is 1.67 bits per heavy atom. The number of benzene rings is 2. The molecule has 2 rings (SSSR count). The highest BCUT2D eigenvalue weighted by atomic mass is 127. The molecular formula is C16H16INO3. The lowest BCUT2D eigenvalue weighted by atomic mass is 10.2. The van der Waals surface area contributed by atoms with E-state index in [1.165, 1.54) is 0 Å². The number of aliphatic imine (C=N–C) groups is 1. The average molecular weight is 397 g/mol. The molecule has 0 fully saturated rings. The topological polar surface area (TPSA) is 40.0 Å². The average Bonchev–Trinajstić information content (AvgIpc) is 2.52. The zero-order valence-electron chi connectivity index (χ0n) is 12.1. The summed E-state index contributed by atoms with van der Waals surface area (Å²) in [7, 11) is 4.90. The molecule has 0 aliphatic carbocycles. The van der Waals surface area contributed by atoms with Gasteiger partial charge < -0.3 is 14.2 Å². The summed E-state index contributed by atoms with van der Waals surface area (Å²) in [6.45, 7) is 0. The van der Waals surface area contributed by atoms with Gasteiger partial charge in [-0.15, -0.1) is 0 Å². The fraction of sp³-hybridized carbons (Fsp3) is 0.188. The fourth-order valence-corrected chi connectivity index (χ4v) is 2.68. The number of hydrogen-bond donors (Lipinski definition) is 0. The molecule has 5 heteroatoms. The van der Waals surface area contributed by atoms with Crippen molar-refractivity contribution in [2.24, 2.45) is 4.99 Å². The predicted molar refractivity (Wildman–Crippen MR) is 92.5 cm³/mol. The zero-order chi connectivity index (χ0) is 15.2. The Balaban J connectivity index is 2.25. The van der Waals surface area contributed by atoms with E-state index in [1.807, 2.05) is 36.4 Å². The molecule has 110 valence electrons. The maximum absolute atomic E-state index is 5.33. The van der Waals surface area contributed by atoms with Gasteiger partial charge in [0, 0.05) is 6.21 Å². The van der Waals surface area contributed by atoms with Gasteiger partial charge in [0.2, 0.25) is 0 Å². The van der Waals surface area contributed by atoms with Gasteiger partial charge in [-0.05, 0) is 64.6 Å². The Morgan fingerprint density at radius 1 is 0.952 bits per heavy atom. The normalized spacial score (nSPS) is 10.7. The minimum atomic E-state index is 0.695. The molecule has 2 aromatic carbocycles. The van der Waals surface area contributed by atoms with Crippen LogP contribution >= 0.6 is 22.6 Å². The minimum absolute atomic E-state index is 0.695. The SMILES string of the molecule is COc1ccc(N=Cc2cc(I)c(OC)c(OC)c2)cc1. The molecule has 2 aromatic rings. The van der Waals surface area contributed by atoms with Crippen LogP contribution in [0.15, 0.2) is 41.4 Å². The van der Waals surface area contributed by atoms with Crippen LogP contribution in [0, 0.1) is 3.57 Å². The van der Waals surface area contributed by atoms with Crippen molar-refractivity contribution in [3.8, 4) is 17.2 Å². The maximum atomic E-state index is 5.33. The van der Waals surface area contributed by atoms with Crippen molar-refractivity contribution in [3.63, 3.8) is 0 Å². The van der Waals surface area contributed by atoms with Crippen LogP contribution in [-0.4, -0.2) is 27.5 Å². The summed E-state index contributed by atoms with van der Waals surface area (Å²) in [5.74, 6) is 2.25. The Hall–Kier alpha value is -1.76. The second-order valence-electron chi connectivity index (χ2n) is 4.19. The van der Waals surface area contributed by atoms with E-state index < -0.39 is 0 Å². The molecule has 0 radical (unpaired) electrons. The number of nitrogens with zero attached hydrogens (tertiary/aromatic N) is 1. The smallest absolute Gasteiger partial charge is 0.174 e. The molecule has 0 atom stereocenters.